The van der Waals surface area contributed by atoms with Crippen molar-refractivity contribution in [3.63, 3.8) is 0 Å². The molecule has 5 nitrogen and oxygen atoms in total. The molecule has 20 heavy (non-hydrogen) atoms. The molecule has 1 saturated heterocycles. The van der Waals surface area contributed by atoms with Crippen LogP contribution < -0.4 is 4.90 Å². The Morgan fingerprint density at radius 1 is 1.45 bits per heavy atom. The Balaban J connectivity index is 2.43. The Morgan fingerprint density at radius 3 is 2.60 bits per heavy atom. The molecule has 1 aliphatic rings. The molecule has 0 spiro atoms. The first-order valence-electron chi connectivity index (χ1n) is 5.74. The van der Waals surface area contributed by atoms with Gasteiger partial charge >= 0.3 is 0 Å². The SMILES string of the molecule is CC(=O)c1cc(Br)ccc1N1CC(S(=O)(=O)Cl)CC1=O. The van der Waals surface area contributed by atoms with E-state index in [0.717, 1.165) is 0 Å². The van der Waals surface area contributed by atoms with Gasteiger partial charge in [-0.05, 0) is 25.1 Å². The second-order valence-electron chi connectivity index (χ2n) is 4.52. The van der Waals surface area contributed by atoms with Crippen LogP contribution in [0.15, 0.2) is 22.7 Å². The van der Waals surface area contributed by atoms with Crippen LogP contribution in [-0.4, -0.2) is 31.9 Å². The first kappa shape index (κ1) is 15.5. The van der Waals surface area contributed by atoms with Gasteiger partial charge in [0.25, 0.3) is 0 Å². The Kier molecular flexibility index (Phi) is 4.22. The third kappa shape index (κ3) is 3.05. The van der Waals surface area contributed by atoms with Crippen molar-refractivity contribution in [3.05, 3.63) is 28.2 Å². The summed E-state index contributed by atoms with van der Waals surface area (Å²) in [5, 5.41) is -0.944. The van der Waals surface area contributed by atoms with Crippen molar-refractivity contribution in [2.45, 2.75) is 18.6 Å². The average molecular weight is 381 g/mol. The van der Waals surface area contributed by atoms with Gasteiger partial charge in [-0.25, -0.2) is 8.42 Å². The van der Waals surface area contributed by atoms with Crippen molar-refractivity contribution in [2.24, 2.45) is 0 Å². The van der Waals surface area contributed by atoms with Crippen LogP contribution in [0.4, 0.5) is 5.69 Å². The summed E-state index contributed by atoms with van der Waals surface area (Å²) in [6.07, 6.45) is -0.167. The monoisotopic (exact) mass is 379 g/mol. The Morgan fingerprint density at radius 2 is 2.10 bits per heavy atom. The predicted molar refractivity (Wildman–Crippen MR) is 79.7 cm³/mol. The minimum Gasteiger partial charge on any atom is -0.310 e. The topological polar surface area (TPSA) is 71.5 Å². The van der Waals surface area contributed by atoms with Crippen molar-refractivity contribution >= 4 is 53.0 Å². The summed E-state index contributed by atoms with van der Waals surface area (Å²) in [5.41, 5.74) is 0.772. The van der Waals surface area contributed by atoms with Gasteiger partial charge in [-0.3, -0.25) is 9.59 Å². The summed E-state index contributed by atoms with van der Waals surface area (Å²) in [7, 11) is 1.50. The number of benzene rings is 1. The number of amides is 1. The lowest BCUT2D eigenvalue weighted by Crippen LogP contribution is -2.28. The first-order valence-corrected chi connectivity index (χ1v) is 8.91. The second kappa shape index (κ2) is 5.46. The lowest BCUT2D eigenvalue weighted by molar-refractivity contribution is -0.117. The van der Waals surface area contributed by atoms with Crippen LogP contribution >= 0.6 is 26.6 Å². The molecule has 1 heterocycles. The number of hydrogen-bond acceptors (Lipinski definition) is 4. The number of Topliss-reactive ketones (excluding diaryl/α,β-unsaturated/α-hetero) is 1. The number of anilines is 1. The lowest BCUT2D eigenvalue weighted by Gasteiger charge is -2.19. The van der Waals surface area contributed by atoms with Crippen molar-refractivity contribution in [3.8, 4) is 0 Å². The highest BCUT2D eigenvalue weighted by Gasteiger charge is 2.38. The maximum Gasteiger partial charge on any atom is 0.237 e. The summed E-state index contributed by atoms with van der Waals surface area (Å²) >= 11 is 3.26. The van der Waals surface area contributed by atoms with Crippen LogP contribution in [-0.2, 0) is 13.8 Å². The highest BCUT2D eigenvalue weighted by molar-refractivity contribution is 9.10. The summed E-state index contributed by atoms with van der Waals surface area (Å²) in [4.78, 5) is 24.9. The third-order valence-corrected chi connectivity index (χ3v) is 5.48. The van der Waals surface area contributed by atoms with Crippen molar-refractivity contribution in [1.82, 2.24) is 0 Å². The van der Waals surface area contributed by atoms with Crippen molar-refractivity contribution in [2.75, 3.05) is 11.4 Å². The van der Waals surface area contributed by atoms with E-state index >= 15 is 0 Å². The number of hydrogen-bond donors (Lipinski definition) is 0. The normalized spacial score (nSPS) is 19.4. The molecule has 1 unspecified atom stereocenters. The minimum atomic E-state index is -3.80. The fraction of sp³-hybridized carbons (Fsp3) is 0.333. The van der Waals surface area contributed by atoms with E-state index in [9.17, 15) is 18.0 Å². The van der Waals surface area contributed by atoms with Crippen LogP contribution in [0.5, 0.6) is 0 Å². The molecule has 0 saturated carbocycles. The number of halogens is 2. The number of rotatable bonds is 3. The van der Waals surface area contributed by atoms with Gasteiger partial charge in [-0.15, -0.1) is 0 Å². The standard InChI is InChI=1S/C12H11BrClNO4S/c1-7(16)10-4-8(13)2-3-11(10)15-6-9(5-12(15)17)20(14,18)19/h2-4,9H,5-6H2,1H3. The van der Waals surface area contributed by atoms with Gasteiger partial charge in [0.15, 0.2) is 5.78 Å². The third-order valence-electron chi connectivity index (χ3n) is 3.12. The zero-order valence-electron chi connectivity index (χ0n) is 10.5. The van der Waals surface area contributed by atoms with E-state index in [4.69, 9.17) is 10.7 Å². The molecule has 8 heteroatoms. The average Bonchev–Trinajstić information content (AvgIpc) is 2.71. The van der Waals surface area contributed by atoms with Crippen LogP contribution in [0, 0.1) is 0 Å². The molecule has 0 radical (unpaired) electrons. The largest absolute Gasteiger partial charge is 0.310 e. The predicted octanol–water partition coefficient (Wildman–Crippen LogP) is 2.33. The van der Waals surface area contributed by atoms with Gasteiger partial charge in [0.05, 0.1) is 5.69 Å². The van der Waals surface area contributed by atoms with Crippen molar-refractivity contribution < 1.29 is 18.0 Å². The maximum absolute atomic E-state index is 12.0. The summed E-state index contributed by atoms with van der Waals surface area (Å²) < 4.78 is 23.4. The lowest BCUT2D eigenvalue weighted by atomic mass is 10.1. The first-order chi connectivity index (χ1) is 9.20. The van der Waals surface area contributed by atoms with E-state index in [1.807, 2.05) is 0 Å². The highest BCUT2D eigenvalue weighted by Crippen LogP contribution is 2.31. The zero-order chi connectivity index (χ0) is 15.1. The summed E-state index contributed by atoms with van der Waals surface area (Å²) in [5.74, 6) is -0.560. The Hall–Kier alpha value is -0.920. The van der Waals surface area contributed by atoms with Gasteiger partial charge in [0, 0.05) is 33.7 Å². The molecule has 0 N–H and O–H groups in total. The fourth-order valence-corrected chi connectivity index (χ4v) is 3.51. The van der Waals surface area contributed by atoms with Crippen LogP contribution in [0.1, 0.15) is 23.7 Å². The van der Waals surface area contributed by atoms with E-state index in [1.165, 1.54) is 11.8 Å². The number of nitrogens with zero attached hydrogens (tertiary/aromatic N) is 1. The van der Waals surface area contributed by atoms with Gasteiger partial charge in [0.2, 0.25) is 15.0 Å². The molecule has 2 rings (SSSR count). The number of carbonyl (C=O) groups is 2. The molecule has 1 fully saturated rings. The van der Waals surface area contributed by atoms with Crippen LogP contribution in [0.25, 0.3) is 0 Å². The Bertz CT molecular complexity index is 689. The molecular weight excluding hydrogens is 370 g/mol. The highest BCUT2D eigenvalue weighted by atomic mass is 79.9. The number of ketones is 1. The zero-order valence-corrected chi connectivity index (χ0v) is 13.6. The van der Waals surface area contributed by atoms with Gasteiger partial charge in [-0.1, -0.05) is 15.9 Å². The molecule has 1 amide bonds. The molecule has 0 bridgehead atoms. The van der Waals surface area contributed by atoms with E-state index < -0.39 is 14.3 Å². The fourth-order valence-electron chi connectivity index (χ4n) is 2.12. The van der Waals surface area contributed by atoms with E-state index in [1.54, 1.807) is 18.2 Å². The summed E-state index contributed by atoms with van der Waals surface area (Å²) in [6, 6.07) is 4.91. The quantitative estimate of drug-likeness (QED) is 0.596. The van der Waals surface area contributed by atoms with Gasteiger partial charge in [-0.2, -0.15) is 0 Å². The van der Waals surface area contributed by atoms with Gasteiger partial charge < -0.3 is 4.90 Å². The van der Waals surface area contributed by atoms with E-state index in [-0.39, 0.29) is 24.7 Å². The van der Waals surface area contributed by atoms with Crippen molar-refractivity contribution in [1.29, 1.82) is 0 Å². The van der Waals surface area contributed by atoms with E-state index in [2.05, 4.69) is 15.9 Å². The molecule has 0 aliphatic carbocycles. The summed E-state index contributed by atoms with van der Waals surface area (Å²) in [6.45, 7) is 1.36. The van der Waals surface area contributed by atoms with E-state index in [0.29, 0.717) is 15.7 Å². The second-order valence-corrected chi connectivity index (χ2v) is 8.35. The molecule has 1 aromatic rings. The molecular formula is C12H11BrClNO4S. The minimum absolute atomic E-state index is 0.0351. The van der Waals surface area contributed by atoms with Crippen LogP contribution in [0.3, 0.4) is 0 Å². The number of carbonyl (C=O) groups excluding carboxylic acids is 2. The molecule has 1 aliphatic heterocycles. The van der Waals surface area contributed by atoms with Crippen LogP contribution in [0.2, 0.25) is 0 Å². The molecule has 0 aromatic heterocycles. The molecule has 108 valence electrons. The Labute approximate surface area is 129 Å². The smallest absolute Gasteiger partial charge is 0.237 e. The maximum atomic E-state index is 12.0. The molecule has 1 atom stereocenters. The molecule has 1 aromatic carbocycles. The van der Waals surface area contributed by atoms with Gasteiger partial charge in [0.1, 0.15) is 5.25 Å².